The van der Waals surface area contributed by atoms with E-state index in [1.54, 1.807) is 19.1 Å². The van der Waals surface area contributed by atoms with Gasteiger partial charge in [-0.05, 0) is 70.6 Å². The Morgan fingerprint density at radius 2 is 1.64 bits per heavy atom. The molecule has 1 aliphatic rings. The highest BCUT2D eigenvalue weighted by Gasteiger charge is 2.29. The van der Waals surface area contributed by atoms with Crippen molar-refractivity contribution >= 4 is 28.2 Å². The van der Waals surface area contributed by atoms with Crippen LogP contribution in [0.25, 0.3) is 0 Å². The number of carbonyl (C=O) groups excluding carboxylic acids is 2. The first-order valence-electron chi connectivity index (χ1n) is 11.6. The molecule has 0 bridgehead atoms. The lowest BCUT2D eigenvalue weighted by atomic mass is 9.88. The number of hydrogen-bond acceptors (Lipinski definition) is 7. The van der Waals surface area contributed by atoms with Crippen LogP contribution in [0.4, 0.5) is 5.00 Å². The van der Waals surface area contributed by atoms with Crippen molar-refractivity contribution in [3.8, 4) is 17.2 Å². The highest BCUT2D eigenvalue weighted by atomic mass is 32.1. The van der Waals surface area contributed by atoms with Gasteiger partial charge in [-0.2, -0.15) is 0 Å². The molecule has 1 aromatic heterocycles. The molecule has 2 aromatic rings. The van der Waals surface area contributed by atoms with Gasteiger partial charge in [0.05, 0.1) is 32.0 Å². The van der Waals surface area contributed by atoms with Gasteiger partial charge < -0.3 is 24.3 Å². The van der Waals surface area contributed by atoms with Gasteiger partial charge in [-0.1, -0.05) is 6.92 Å². The molecule has 1 atom stereocenters. The fourth-order valence-corrected chi connectivity index (χ4v) is 5.35. The first-order chi connectivity index (χ1) is 15.9. The van der Waals surface area contributed by atoms with Gasteiger partial charge in [-0.25, -0.2) is 4.79 Å². The second kappa shape index (κ2) is 11.4. The first-order valence-corrected chi connectivity index (χ1v) is 12.4. The number of fused-ring (bicyclic) bond motifs is 1. The molecule has 0 saturated heterocycles. The molecular formula is C25H33NO6S. The smallest absolute Gasteiger partial charge is 0.341 e. The minimum atomic E-state index is -0.392. The molecule has 0 aliphatic heterocycles. The maximum absolute atomic E-state index is 13.3. The van der Waals surface area contributed by atoms with Crippen LogP contribution in [-0.4, -0.2) is 38.3 Å². The van der Waals surface area contributed by atoms with Crippen LogP contribution in [0, 0.1) is 5.92 Å². The summed E-state index contributed by atoms with van der Waals surface area (Å²) in [5.41, 5.74) is 1.85. The Morgan fingerprint density at radius 3 is 2.21 bits per heavy atom. The van der Waals surface area contributed by atoms with Crippen molar-refractivity contribution in [3.63, 3.8) is 0 Å². The lowest BCUT2D eigenvalue weighted by molar-refractivity contribution is 0.0526. The average Bonchev–Trinajstić information content (AvgIpc) is 3.13. The highest BCUT2D eigenvalue weighted by Crippen LogP contribution is 2.42. The largest absolute Gasteiger partial charge is 0.490 e. The minimum absolute atomic E-state index is 0.279. The van der Waals surface area contributed by atoms with Crippen LogP contribution in [0.2, 0.25) is 0 Å². The molecule has 0 spiro atoms. The van der Waals surface area contributed by atoms with Crippen molar-refractivity contribution in [1.82, 2.24) is 0 Å². The minimum Gasteiger partial charge on any atom is -0.490 e. The van der Waals surface area contributed by atoms with Crippen LogP contribution >= 0.6 is 11.3 Å². The topological polar surface area (TPSA) is 83.1 Å². The van der Waals surface area contributed by atoms with E-state index < -0.39 is 5.97 Å². The van der Waals surface area contributed by atoms with E-state index in [1.807, 2.05) is 20.8 Å². The summed E-state index contributed by atoms with van der Waals surface area (Å²) >= 11 is 1.46. The molecule has 8 heteroatoms. The molecule has 1 heterocycles. The van der Waals surface area contributed by atoms with Crippen LogP contribution in [0.3, 0.4) is 0 Å². The standard InChI is InChI=1S/C25H33NO6S/c1-6-29-18-13-16(14-19(30-7-2)22(18)31-8-3)23(27)26-24-21(25(28)32-9-4)17-11-10-15(5)12-20(17)33-24/h13-15H,6-12H2,1-5H3,(H,26,27)/t15-/m0/s1. The monoisotopic (exact) mass is 475 g/mol. The molecule has 3 rings (SSSR count). The van der Waals surface area contributed by atoms with Gasteiger partial charge in [0.25, 0.3) is 5.91 Å². The Hall–Kier alpha value is -2.74. The Balaban J connectivity index is 1.99. The Labute approximate surface area is 199 Å². The predicted molar refractivity (Wildman–Crippen MR) is 129 cm³/mol. The SMILES string of the molecule is CCOC(=O)c1c(NC(=O)c2cc(OCC)c(OCC)c(OCC)c2)sc2c1CC[C@H](C)C2. The van der Waals surface area contributed by atoms with Gasteiger partial charge in [0.15, 0.2) is 11.5 Å². The molecule has 1 aromatic carbocycles. The molecule has 1 N–H and O–H groups in total. The van der Waals surface area contributed by atoms with E-state index in [4.69, 9.17) is 18.9 Å². The molecule has 0 radical (unpaired) electrons. The summed E-state index contributed by atoms with van der Waals surface area (Å²) in [5, 5.41) is 3.49. The number of hydrogen-bond donors (Lipinski definition) is 1. The Kier molecular flexibility index (Phi) is 8.61. The molecule has 180 valence electrons. The van der Waals surface area contributed by atoms with Gasteiger partial charge in [0.1, 0.15) is 5.00 Å². The Bertz CT molecular complexity index is 972. The molecule has 0 fully saturated rings. The van der Waals surface area contributed by atoms with Gasteiger partial charge >= 0.3 is 5.97 Å². The van der Waals surface area contributed by atoms with E-state index >= 15 is 0 Å². The number of benzene rings is 1. The van der Waals surface area contributed by atoms with Crippen molar-refractivity contribution < 1.29 is 28.5 Å². The van der Waals surface area contributed by atoms with E-state index in [0.717, 1.165) is 29.7 Å². The lowest BCUT2D eigenvalue weighted by Crippen LogP contribution is -2.17. The molecular weight excluding hydrogens is 442 g/mol. The van der Waals surface area contributed by atoms with Crippen molar-refractivity contribution in [1.29, 1.82) is 0 Å². The van der Waals surface area contributed by atoms with E-state index in [9.17, 15) is 9.59 Å². The summed E-state index contributed by atoms with van der Waals surface area (Å²) in [5.74, 6) is 1.17. The molecule has 33 heavy (non-hydrogen) atoms. The number of nitrogens with one attached hydrogen (secondary N) is 1. The summed E-state index contributed by atoms with van der Waals surface area (Å²) in [7, 11) is 0. The third-order valence-electron chi connectivity index (χ3n) is 5.39. The normalized spacial score (nSPS) is 14.9. The van der Waals surface area contributed by atoms with Crippen molar-refractivity contribution in [3.05, 3.63) is 33.7 Å². The van der Waals surface area contributed by atoms with Crippen LogP contribution in [-0.2, 0) is 17.6 Å². The quantitative estimate of drug-likeness (QED) is 0.457. The van der Waals surface area contributed by atoms with Gasteiger partial charge in [0, 0.05) is 10.4 Å². The number of esters is 1. The zero-order valence-corrected chi connectivity index (χ0v) is 20.9. The van der Waals surface area contributed by atoms with Crippen molar-refractivity contribution in [2.24, 2.45) is 5.92 Å². The first kappa shape index (κ1) is 24.9. The third-order valence-corrected chi connectivity index (χ3v) is 6.56. The summed E-state index contributed by atoms with van der Waals surface area (Å²) in [4.78, 5) is 27.2. The molecule has 7 nitrogen and oxygen atoms in total. The van der Waals surface area contributed by atoms with Gasteiger partial charge in [-0.3, -0.25) is 4.79 Å². The number of rotatable bonds is 10. The summed E-state index contributed by atoms with van der Waals surface area (Å²) < 4.78 is 22.5. The molecule has 1 amide bonds. The van der Waals surface area contributed by atoms with E-state index in [1.165, 1.54) is 11.3 Å². The summed E-state index contributed by atoms with van der Waals surface area (Å²) in [6, 6.07) is 3.29. The summed E-state index contributed by atoms with van der Waals surface area (Å²) in [6.45, 7) is 11.1. The highest BCUT2D eigenvalue weighted by molar-refractivity contribution is 7.17. The van der Waals surface area contributed by atoms with E-state index in [0.29, 0.717) is 59.1 Å². The fourth-order valence-electron chi connectivity index (χ4n) is 3.95. The van der Waals surface area contributed by atoms with Gasteiger partial charge in [0.2, 0.25) is 5.75 Å². The number of carbonyl (C=O) groups is 2. The molecule has 1 aliphatic carbocycles. The number of thiophene rings is 1. The Morgan fingerprint density at radius 1 is 1.00 bits per heavy atom. The fraction of sp³-hybridized carbons (Fsp3) is 0.520. The number of anilines is 1. The second-order valence-corrected chi connectivity index (χ2v) is 8.94. The van der Waals surface area contributed by atoms with E-state index in [2.05, 4.69) is 12.2 Å². The van der Waals surface area contributed by atoms with Crippen molar-refractivity contribution in [2.45, 2.75) is 53.9 Å². The molecule has 0 saturated carbocycles. The lowest BCUT2D eigenvalue weighted by Gasteiger charge is -2.18. The predicted octanol–water partition coefficient (Wildman–Crippen LogP) is 5.50. The van der Waals surface area contributed by atoms with Crippen LogP contribution in [0.1, 0.15) is 72.2 Å². The van der Waals surface area contributed by atoms with Crippen molar-refractivity contribution in [2.75, 3.05) is 31.7 Å². The zero-order chi connectivity index (χ0) is 24.0. The maximum atomic E-state index is 13.3. The number of ether oxygens (including phenoxy) is 4. The van der Waals surface area contributed by atoms with Crippen LogP contribution in [0.15, 0.2) is 12.1 Å². The maximum Gasteiger partial charge on any atom is 0.341 e. The van der Waals surface area contributed by atoms with Crippen LogP contribution in [0.5, 0.6) is 17.2 Å². The van der Waals surface area contributed by atoms with Crippen LogP contribution < -0.4 is 19.5 Å². The summed E-state index contributed by atoms with van der Waals surface area (Å²) in [6.07, 6.45) is 2.72. The third kappa shape index (κ3) is 5.61. The second-order valence-electron chi connectivity index (χ2n) is 7.83. The zero-order valence-electron chi connectivity index (χ0n) is 20.0. The average molecular weight is 476 g/mol. The van der Waals surface area contributed by atoms with E-state index in [-0.39, 0.29) is 12.5 Å². The number of amides is 1. The van der Waals surface area contributed by atoms with Gasteiger partial charge in [-0.15, -0.1) is 11.3 Å². The molecule has 0 unspecified atom stereocenters.